The highest BCUT2D eigenvalue weighted by Crippen LogP contribution is 2.41. The maximum atomic E-state index is 2.39. The zero-order chi connectivity index (χ0) is 20.3. The van der Waals surface area contributed by atoms with Crippen LogP contribution in [0.1, 0.15) is 5.56 Å². The molecule has 0 bridgehead atoms. The molecule has 0 unspecified atom stereocenters. The maximum absolute atomic E-state index is 2.39. The molecule has 5 aromatic rings. The summed E-state index contributed by atoms with van der Waals surface area (Å²) in [4.78, 5) is 0. The number of aromatic nitrogens is 1. The average molecular weight is 386 g/mol. The number of rotatable bonds is 4. The fourth-order valence-corrected chi connectivity index (χ4v) is 4.01. The van der Waals surface area contributed by atoms with E-state index in [1.807, 2.05) is 0 Å². The lowest BCUT2D eigenvalue weighted by Crippen LogP contribution is -1.99. The number of benzene rings is 4. The summed E-state index contributed by atoms with van der Waals surface area (Å²) in [6.07, 6.45) is 0. The summed E-state index contributed by atoms with van der Waals surface area (Å²) in [6.45, 7) is 2.13. The van der Waals surface area contributed by atoms with Crippen molar-refractivity contribution < 1.29 is 0 Å². The maximum Gasteiger partial charge on any atom is 0.0613 e. The Bertz CT molecular complexity index is 1250. The molecule has 144 valence electrons. The smallest absolute Gasteiger partial charge is 0.0613 e. The van der Waals surface area contributed by atoms with Crippen LogP contribution >= 0.6 is 0 Å². The first-order valence-electron chi connectivity index (χ1n) is 10.3. The molecule has 0 amide bonds. The largest absolute Gasteiger partial charge is 0.309 e. The standard InChI is InChI=1S/C29H23N/c1-22-17-19-25(20-18-22)29-27(23-11-5-2-6-12-23)21-28(24-13-7-3-8-14-24)30(29)26-15-9-4-10-16-26/h2-21H,1H3. The van der Waals surface area contributed by atoms with Crippen LogP contribution in [-0.2, 0) is 0 Å². The van der Waals surface area contributed by atoms with Crippen molar-refractivity contribution in [2.75, 3.05) is 0 Å². The van der Waals surface area contributed by atoms with Crippen LogP contribution < -0.4 is 0 Å². The minimum atomic E-state index is 1.16. The van der Waals surface area contributed by atoms with Gasteiger partial charge in [0.1, 0.15) is 0 Å². The Hall–Kier alpha value is -3.84. The fourth-order valence-electron chi connectivity index (χ4n) is 4.01. The molecule has 0 N–H and O–H groups in total. The zero-order valence-electron chi connectivity index (χ0n) is 17.0. The van der Waals surface area contributed by atoms with Gasteiger partial charge in [-0.05, 0) is 41.8 Å². The highest BCUT2D eigenvalue weighted by Gasteiger charge is 2.20. The number of para-hydroxylation sites is 1. The van der Waals surface area contributed by atoms with Crippen LogP contribution in [0.4, 0.5) is 0 Å². The third-order valence-corrected chi connectivity index (χ3v) is 5.49. The van der Waals surface area contributed by atoms with Crippen LogP contribution in [-0.4, -0.2) is 4.57 Å². The number of aryl methyl sites for hydroxylation is 1. The van der Waals surface area contributed by atoms with Crippen molar-refractivity contribution in [2.24, 2.45) is 0 Å². The highest BCUT2D eigenvalue weighted by molar-refractivity contribution is 5.88. The van der Waals surface area contributed by atoms with Gasteiger partial charge < -0.3 is 4.57 Å². The lowest BCUT2D eigenvalue weighted by Gasteiger charge is -2.16. The minimum Gasteiger partial charge on any atom is -0.309 e. The Labute approximate surface area is 177 Å². The molecule has 0 saturated carbocycles. The van der Waals surface area contributed by atoms with Gasteiger partial charge in [-0.1, -0.05) is 109 Å². The normalized spacial score (nSPS) is 10.8. The van der Waals surface area contributed by atoms with E-state index in [2.05, 4.69) is 133 Å². The first-order valence-corrected chi connectivity index (χ1v) is 10.3. The van der Waals surface area contributed by atoms with Gasteiger partial charge in [-0.25, -0.2) is 0 Å². The van der Waals surface area contributed by atoms with Crippen molar-refractivity contribution in [1.82, 2.24) is 4.57 Å². The quantitative estimate of drug-likeness (QED) is 0.297. The molecule has 0 spiro atoms. The second-order valence-electron chi connectivity index (χ2n) is 7.56. The molecule has 30 heavy (non-hydrogen) atoms. The van der Waals surface area contributed by atoms with E-state index < -0.39 is 0 Å². The molecule has 0 saturated heterocycles. The van der Waals surface area contributed by atoms with Gasteiger partial charge in [-0.15, -0.1) is 0 Å². The molecule has 0 aliphatic carbocycles. The molecule has 0 aliphatic rings. The van der Waals surface area contributed by atoms with Crippen LogP contribution in [0.3, 0.4) is 0 Å². The molecule has 0 radical (unpaired) electrons. The van der Waals surface area contributed by atoms with E-state index in [-0.39, 0.29) is 0 Å². The molecule has 1 nitrogen and oxygen atoms in total. The first kappa shape index (κ1) is 18.2. The monoisotopic (exact) mass is 385 g/mol. The second-order valence-corrected chi connectivity index (χ2v) is 7.56. The van der Waals surface area contributed by atoms with Crippen molar-refractivity contribution in [3.63, 3.8) is 0 Å². The molecule has 4 aromatic carbocycles. The van der Waals surface area contributed by atoms with E-state index in [0.717, 1.165) is 5.69 Å². The highest BCUT2D eigenvalue weighted by atomic mass is 15.0. The second kappa shape index (κ2) is 7.88. The summed E-state index contributed by atoms with van der Waals surface area (Å²) in [5.74, 6) is 0. The molecular formula is C29H23N. The predicted octanol–water partition coefficient (Wildman–Crippen LogP) is 7.79. The van der Waals surface area contributed by atoms with Crippen LogP contribution in [0.2, 0.25) is 0 Å². The summed E-state index contributed by atoms with van der Waals surface area (Å²) < 4.78 is 2.39. The van der Waals surface area contributed by atoms with Crippen molar-refractivity contribution in [3.8, 4) is 39.3 Å². The van der Waals surface area contributed by atoms with Gasteiger partial charge in [0, 0.05) is 11.3 Å². The van der Waals surface area contributed by atoms with E-state index in [1.54, 1.807) is 0 Å². The average Bonchev–Trinajstić information content (AvgIpc) is 3.22. The molecule has 5 rings (SSSR count). The van der Waals surface area contributed by atoms with Crippen molar-refractivity contribution in [3.05, 3.63) is 127 Å². The Kier molecular flexibility index (Phi) is 4.78. The SMILES string of the molecule is Cc1ccc(-c2c(-c3ccccc3)cc(-c3ccccc3)n2-c2ccccc2)cc1. The molecule has 0 atom stereocenters. The van der Waals surface area contributed by atoms with E-state index in [0.29, 0.717) is 0 Å². The lowest BCUT2D eigenvalue weighted by molar-refractivity contribution is 1.09. The molecule has 0 aliphatic heterocycles. The molecule has 0 fully saturated rings. The Morgan fingerprint density at radius 3 is 1.63 bits per heavy atom. The summed E-state index contributed by atoms with van der Waals surface area (Å²) in [5, 5.41) is 0. The minimum absolute atomic E-state index is 1.16. The lowest BCUT2D eigenvalue weighted by atomic mass is 10.0. The first-order chi connectivity index (χ1) is 14.8. The number of hydrogen-bond acceptors (Lipinski definition) is 0. The van der Waals surface area contributed by atoms with Gasteiger partial charge in [0.2, 0.25) is 0 Å². The van der Waals surface area contributed by atoms with Crippen LogP contribution in [0.25, 0.3) is 39.3 Å². The van der Waals surface area contributed by atoms with Gasteiger partial charge >= 0.3 is 0 Å². The Balaban J connectivity index is 1.88. The summed E-state index contributed by atoms with van der Waals surface area (Å²) in [5.41, 5.74) is 9.71. The van der Waals surface area contributed by atoms with Crippen molar-refractivity contribution in [1.29, 1.82) is 0 Å². The van der Waals surface area contributed by atoms with E-state index >= 15 is 0 Å². The van der Waals surface area contributed by atoms with Gasteiger partial charge in [-0.2, -0.15) is 0 Å². The fraction of sp³-hybridized carbons (Fsp3) is 0.0345. The Morgan fingerprint density at radius 1 is 0.500 bits per heavy atom. The van der Waals surface area contributed by atoms with Gasteiger partial charge in [0.15, 0.2) is 0 Å². The van der Waals surface area contributed by atoms with Crippen LogP contribution in [0.5, 0.6) is 0 Å². The molecule has 1 heterocycles. The summed E-state index contributed by atoms with van der Waals surface area (Å²) in [7, 11) is 0. The van der Waals surface area contributed by atoms with Gasteiger partial charge in [-0.3, -0.25) is 0 Å². The number of nitrogens with zero attached hydrogens (tertiary/aromatic N) is 1. The summed E-state index contributed by atoms with van der Waals surface area (Å²) in [6, 6.07) is 43.1. The number of hydrogen-bond donors (Lipinski definition) is 0. The van der Waals surface area contributed by atoms with Crippen LogP contribution in [0.15, 0.2) is 121 Å². The molecular weight excluding hydrogens is 362 g/mol. The van der Waals surface area contributed by atoms with E-state index in [4.69, 9.17) is 0 Å². The van der Waals surface area contributed by atoms with E-state index in [9.17, 15) is 0 Å². The molecule has 1 aromatic heterocycles. The predicted molar refractivity (Wildman–Crippen MR) is 127 cm³/mol. The van der Waals surface area contributed by atoms with Crippen molar-refractivity contribution in [2.45, 2.75) is 6.92 Å². The molecule has 1 heteroatoms. The zero-order valence-corrected chi connectivity index (χ0v) is 17.0. The Morgan fingerprint density at radius 2 is 1.03 bits per heavy atom. The van der Waals surface area contributed by atoms with Gasteiger partial charge in [0.05, 0.1) is 11.4 Å². The van der Waals surface area contributed by atoms with Crippen LogP contribution in [0, 0.1) is 6.92 Å². The third-order valence-electron chi connectivity index (χ3n) is 5.49. The summed E-state index contributed by atoms with van der Waals surface area (Å²) >= 11 is 0. The van der Waals surface area contributed by atoms with E-state index in [1.165, 1.54) is 39.2 Å². The third kappa shape index (κ3) is 3.35. The topological polar surface area (TPSA) is 4.93 Å². The van der Waals surface area contributed by atoms with Crippen molar-refractivity contribution >= 4 is 0 Å². The van der Waals surface area contributed by atoms with Gasteiger partial charge in [0.25, 0.3) is 0 Å².